The van der Waals surface area contributed by atoms with Gasteiger partial charge in [-0.05, 0) is 6.42 Å². The Labute approximate surface area is 70.3 Å². The smallest absolute Gasteiger partial charge is 0.438 e. The Morgan fingerprint density at radius 1 is 1.58 bits per heavy atom. The van der Waals surface area contributed by atoms with Crippen molar-refractivity contribution in [2.75, 3.05) is 19.8 Å². The van der Waals surface area contributed by atoms with E-state index in [-0.39, 0.29) is 13.2 Å². The number of halogens is 1. The van der Waals surface area contributed by atoms with E-state index in [0.29, 0.717) is 6.61 Å². The fourth-order valence-electron chi connectivity index (χ4n) is 0.574. The van der Waals surface area contributed by atoms with Crippen molar-refractivity contribution < 1.29 is 23.8 Å². The van der Waals surface area contributed by atoms with Crippen LogP contribution in [-0.4, -0.2) is 37.3 Å². The van der Waals surface area contributed by atoms with Crippen LogP contribution >= 0.6 is 0 Å². The fraction of sp³-hybridized carbons (Fsp3) is 0.857. The molecule has 1 N–H and O–H groups in total. The van der Waals surface area contributed by atoms with Crippen molar-refractivity contribution in [3.63, 3.8) is 0 Å². The molecule has 1 atom stereocenters. The van der Waals surface area contributed by atoms with Gasteiger partial charge in [0.1, 0.15) is 12.7 Å². The lowest BCUT2D eigenvalue weighted by Crippen LogP contribution is -2.22. The SMILES string of the molecule is CCCOCC(O)COC(=O)F. The lowest BCUT2D eigenvalue weighted by Gasteiger charge is -2.08. The Balaban J connectivity index is 3.21. The summed E-state index contributed by atoms with van der Waals surface area (Å²) in [5.41, 5.74) is 0. The Morgan fingerprint density at radius 3 is 2.75 bits per heavy atom. The van der Waals surface area contributed by atoms with E-state index in [0.717, 1.165) is 6.42 Å². The standard InChI is InChI=1S/C7H13FO4/c1-2-3-11-4-6(9)5-12-7(8)10/h6,9H,2-5H2,1H3. The molecule has 1 unspecified atom stereocenters. The first-order valence-corrected chi connectivity index (χ1v) is 3.75. The van der Waals surface area contributed by atoms with E-state index in [9.17, 15) is 9.18 Å². The van der Waals surface area contributed by atoms with Crippen LogP contribution in [0.1, 0.15) is 13.3 Å². The van der Waals surface area contributed by atoms with Crippen LogP contribution in [-0.2, 0) is 9.47 Å². The highest BCUT2D eigenvalue weighted by molar-refractivity contribution is 5.57. The number of rotatable bonds is 6. The van der Waals surface area contributed by atoms with Gasteiger partial charge in [-0.25, -0.2) is 4.79 Å². The van der Waals surface area contributed by atoms with Crippen molar-refractivity contribution >= 4 is 6.22 Å². The van der Waals surface area contributed by atoms with Crippen molar-refractivity contribution in [2.24, 2.45) is 0 Å². The minimum absolute atomic E-state index is 0.0567. The van der Waals surface area contributed by atoms with Gasteiger partial charge in [-0.15, -0.1) is 4.39 Å². The van der Waals surface area contributed by atoms with Crippen molar-refractivity contribution in [3.8, 4) is 0 Å². The molecule has 0 bridgehead atoms. The Kier molecular flexibility index (Phi) is 6.60. The molecule has 0 saturated carbocycles. The van der Waals surface area contributed by atoms with Gasteiger partial charge in [-0.2, -0.15) is 0 Å². The number of aliphatic hydroxyl groups is 1. The van der Waals surface area contributed by atoms with E-state index in [4.69, 9.17) is 9.84 Å². The van der Waals surface area contributed by atoms with Gasteiger partial charge in [0.2, 0.25) is 0 Å². The molecule has 72 valence electrons. The molecular formula is C7H13FO4. The number of ether oxygens (including phenoxy) is 2. The molecule has 5 heteroatoms. The van der Waals surface area contributed by atoms with Crippen molar-refractivity contribution in [2.45, 2.75) is 19.4 Å². The summed E-state index contributed by atoms with van der Waals surface area (Å²) < 4.78 is 20.2. The summed E-state index contributed by atoms with van der Waals surface area (Å²) in [6, 6.07) is 0. The van der Waals surface area contributed by atoms with Crippen LogP contribution in [0, 0.1) is 0 Å². The lowest BCUT2D eigenvalue weighted by molar-refractivity contribution is -0.00419. The minimum atomic E-state index is -1.88. The quantitative estimate of drug-likeness (QED) is 0.487. The Bertz CT molecular complexity index is 129. The molecule has 0 heterocycles. The van der Waals surface area contributed by atoms with Crippen LogP contribution in [0.2, 0.25) is 0 Å². The van der Waals surface area contributed by atoms with Crippen LogP contribution < -0.4 is 0 Å². The van der Waals surface area contributed by atoms with Crippen molar-refractivity contribution in [1.29, 1.82) is 0 Å². The second-order valence-electron chi connectivity index (χ2n) is 2.28. The van der Waals surface area contributed by atoms with Crippen LogP contribution in [0.15, 0.2) is 0 Å². The minimum Gasteiger partial charge on any atom is -0.438 e. The number of hydrogen-bond acceptors (Lipinski definition) is 4. The predicted octanol–water partition coefficient (Wildman–Crippen LogP) is 0.880. The van der Waals surface area contributed by atoms with Gasteiger partial charge in [-0.1, -0.05) is 6.92 Å². The van der Waals surface area contributed by atoms with Crippen LogP contribution in [0.3, 0.4) is 0 Å². The largest absolute Gasteiger partial charge is 0.495 e. The van der Waals surface area contributed by atoms with Crippen molar-refractivity contribution in [3.05, 3.63) is 0 Å². The van der Waals surface area contributed by atoms with E-state index in [1.165, 1.54) is 0 Å². The fourth-order valence-corrected chi connectivity index (χ4v) is 0.574. The first-order valence-electron chi connectivity index (χ1n) is 3.75. The number of aliphatic hydroxyl groups excluding tert-OH is 1. The summed E-state index contributed by atoms with van der Waals surface area (Å²) in [7, 11) is 0. The van der Waals surface area contributed by atoms with Crippen molar-refractivity contribution in [1.82, 2.24) is 0 Å². The van der Waals surface area contributed by atoms with E-state index < -0.39 is 12.3 Å². The third kappa shape index (κ3) is 7.43. The van der Waals surface area contributed by atoms with E-state index >= 15 is 0 Å². The van der Waals surface area contributed by atoms with Crippen LogP contribution in [0.4, 0.5) is 9.18 Å². The monoisotopic (exact) mass is 180 g/mol. The second-order valence-corrected chi connectivity index (χ2v) is 2.28. The molecule has 0 fully saturated rings. The first-order chi connectivity index (χ1) is 5.66. The molecule has 0 amide bonds. The van der Waals surface area contributed by atoms with Crippen LogP contribution in [0.25, 0.3) is 0 Å². The molecule has 0 radical (unpaired) electrons. The molecule has 4 nitrogen and oxygen atoms in total. The second kappa shape index (κ2) is 7.00. The van der Waals surface area contributed by atoms with Gasteiger partial charge in [0, 0.05) is 6.61 Å². The molecule has 0 saturated heterocycles. The zero-order valence-electron chi connectivity index (χ0n) is 6.96. The van der Waals surface area contributed by atoms with E-state index in [1.54, 1.807) is 0 Å². The molecule has 0 aliphatic carbocycles. The van der Waals surface area contributed by atoms with Gasteiger partial charge in [0.15, 0.2) is 0 Å². The lowest BCUT2D eigenvalue weighted by atomic mass is 10.4. The zero-order valence-corrected chi connectivity index (χ0v) is 6.96. The molecule has 0 spiro atoms. The maximum atomic E-state index is 11.4. The topological polar surface area (TPSA) is 55.8 Å². The summed E-state index contributed by atoms with van der Waals surface area (Å²) in [5.74, 6) is 0. The molecule has 0 aromatic carbocycles. The Hall–Kier alpha value is -0.680. The normalized spacial score (nSPS) is 12.6. The summed E-state index contributed by atoms with van der Waals surface area (Å²) >= 11 is 0. The predicted molar refractivity (Wildman–Crippen MR) is 39.6 cm³/mol. The third-order valence-electron chi connectivity index (χ3n) is 1.05. The number of carbonyl (C=O) groups excluding carboxylic acids is 1. The summed E-state index contributed by atoms with van der Waals surface area (Å²) in [6.45, 7) is 2.15. The molecule has 0 aliphatic heterocycles. The average molecular weight is 180 g/mol. The van der Waals surface area contributed by atoms with Gasteiger partial charge >= 0.3 is 6.22 Å². The van der Waals surface area contributed by atoms with Gasteiger partial charge in [0.25, 0.3) is 0 Å². The summed E-state index contributed by atoms with van der Waals surface area (Å²) in [5, 5.41) is 8.96. The maximum Gasteiger partial charge on any atom is 0.495 e. The number of carbonyl (C=O) groups is 1. The molecule has 0 rings (SSSR count). The zero-order chi connectivity index (χ0) is 9.40. The first kappa shape index (κ1) is 11.3. The molecule has 0 aromatic heterocycles. The maximum absolute atomic E-state index is 11.4. The number of hydrogen-bond donors (Lipinski definition) is 1. The highest BCUT2D eigenvalue weighted by atomic mass is 19.1. The van der Waals surface area contributed by atoms with Gasteiger partial charge < -0.3 is 14.6 Å². The Morgan fingerprint density at radius 2 is 2.25 bits per heavy atom. The third-order valence-corrected chi connectivity index (χ3v) is 1.05. The molecule has 0 aliphatic rings. The summed E-state index contributed by atoms with van der Waals surface area (Å²) in [4.78, 5) is 9.64. The highest BCUT2D eigenvalue weighted by Gasteiger charge is 2.07. The van der Waals surface area contributed by atoms with Gasteiger partial charge in [-0.3, -0.25) is 0 Å². The highest BCUT2D eigenvalue weighted by Crippen LogP contribution is 1.91. The van der Waals surface area contributed by atoms with Crippen LogP contribution in [0.5, 0.6) is 0 Å². The van der Waals surface area contributed by atoms with E-state index in [1.807, 2.05) is 6.92 Å². The summed E-state index contributed by atoms with van der Waals surface area (Å²) in [6.07, 6.45) is -1.99. The molecule has 12 heavy (non-hydrogen) atoms. The van der Waals surface area contributed by atoms with E-state index in [2.05, 4.69) is 4.74 Å². The average Bonchev–Trinajstić information content (AvgIpc) is 2.01. The molecule has 0 aromatic rings. The molecular weight excluding hydrogens is 167 g/mol. The van der Waals surface area contributed by atoms with Gasteiger partial charge in [0.05, 0.1) is 6.61 Å².